The summed E-state index contributed by atoms with van der Waals surface area (Å²) >= 11 is 0. The van der Waals surface area contributed by atoms with Gasteiger partial charge < -0.3 is 24.1 Å². The quantitative estimate of drug-likeness (QED) is 0.840. The molecule has 0 atom stereocenters. The number of rotatable bonds is 4. The first-order valence-electron chi connectivity index (χ1n) is 8.90. The zero-order valence-electron chi connectivity index (χ0n) is 14.7. The molecule has 1 aromatic carbocycles. The van der Waals surface area contributed by atoms with Crippen LogP contribution in [0, 0.1) is 5.92 Å². The average molecular weight is 368 g/mol. The van der Waals surface area contributed by atoms with Crippen molar-refractivity contribution in [2.45, 2.75) is 12.8 Å². The molecule has 0 aliphatic carbocycles. The lowest BCUT2D eigenvalue weighted by molar-refractivity contribution is -0.130. The molecule has 3 heterocycles. The summed E-state index contributed by atoms with van der Waals surface area (Å²) < 4.78 is 15.8. The van der Waals surface area contributed by atoms with Crippen molar-refractivity contribution in [1.29, 1.82) is 0 Å². The van der Waals surface area contributed by atoms with Gasteiger partial charge in [-0.15, -0.1) is 0 Å². The topological polar surface area (TPSA) is 81.0 Å². The first-order chi connectivity index (χ1) is 13.2. The molecule has 7 nitrogen and oxygen atoms in total. The molecule has 2 aliphatic heterocycles. The van der Waals surface area contributed by atoms with Gasteiger partial charge in [0.2, 0.25) is 18.6 Å². The molecule has 2 aromatic rings. The van der Waals surface area contributed by atoms with E-state index in [1.807, 2.05) is 0 Å². The number of nitrogens with one attached hydrogen (secondary N) is 1. The molecule has 2 amide bonds. The number of carbonyl (C=O) groups excluding carboxylic acids is 2. The fourth-order valence-electron chi connectivity index (χ4n) is 3.23. The molecule has 140 valence electrons. The van der Waals surface area contributed by atoms with E-state index in [4.69, 9.17) is 13.9 Å². The summed E-state index contributed by atoms with van der Waals surface area (Å²) in [6.45, 7) is 1.31. The monoisotopic (exact) mass is 368 g/mol. The summed E-state index contributed by atoms with van der Waals surface area (Å²) in [6.07, 6.45) is 5.99. The van der Waals surface area contributed by atoms with Gasteiger partial charge in [-0.25, -0.2) is 0 Å². The SMILES string of the molecule is O=C(Nc1ccc2c(c1)OCO2)C1CCN(C(=O)/C=C/c2ccco2)CC1. The Balaban J connectivity index is 1.28. The zero-order chi connectivity index (χ0) is 18.6. The van der Waals surface area contributed by atoms with E-state index in [0.717, 1.165) is 0 Å². The van der Waals surface area contributed by atoms with Crippen molar-refractivity contribution < 1.29 is 23.5 Å². The molecule has 1 fully saturated rings. The number of ether oxygens (including phenoxy) is 2. The van der Waals surface area contributed by atoms with Crippen molar-refractivity contribution in [3.63, 3.8) is 0 Å². The first kappa shape index (κ1) is 17.2. The van der Waals surface area contributed by atoms with Gasteiger partial charge >= 0.3 is 0 Å². The molecule has 4 rings (SSSR count). The highest BCUT2D eigenvalue weighted by Crippen LogP contribution is 2.34. The third kappa shape index (κ3) is 3.97. The van der Waals surface area contributed by atoms with Crippen LogP contribution in [0.2, 0.25) is 0 Å². The molecular weight excluding hydrogens is 348 g/mol. The molecule has 1 N–H and O–H groups in total. The van der Waals surface area contributed by atoms with Crippen LogP contribution in [0.5, 0.6) is 11.5 Å². The van der Waals surface area contributed by atoms with Gasteiger partial charge in [-0.1, -0.05) is 0 Å². The van der Waals surface area contributed by atoms with E-state index in [0.29, 0.717) is 48.9 Å². The molecular formula is C20H20N2O5. The van der Waals surface area contributed by atoms with Crippen LogP contribution in [0.4, 0.5) is 5.69 Å². The number of anilines is 1. The Morgan fingerprint density at radius 2 is 1.93 bits per heavy atom. The molecule has 2 aliphatic rings. The van der Waals surface area contributed by atoms with Gasteiger partial charge in [-0.3, -0.25) is 9.59 Å². The number of furan rings is 1. The molecule has 0 saturated carbocycles. The number of fused-ring (bicyclic) bond motifs is 1. The minimum atomic E-state index is -0.117. The number of amides is 2. The van der Waals surface area contributed by atoms with E-state index in [1.165, 1.54) is 6.08 Å². The number of hydrogen-bond donors (Lipinski definition) is 1. The molecule has 0 radical (unpaired) electrons. The normalized spacial score (nSPS) is 16.7. The Kier molecular flexibility index (Phi) is 4.82. The lowest BCUT2D eigenvalue weighted by Gasteiger charge is -2.30. The lowest BCUT2D eigenvalue weighted by Crippen LogP contribution is -2.40. The summed E-state index contributed by atoms with van der Waals surface area (Å²) in [4.78, 5) is 26.5. The van der Waals surface area contributed by atoms with Crippen molar-refractivity contribution in [1.82, 2.24) is 4.90 Å². The van der Waals surface area contributed by atoms with Crippen molar-refractivity contribution in [3.8, 4) is 11.5 Å². The van der Waals surface area contributed by atoms with Crippen LogP contribution in [0.15, 0.2) is 47.1 Å². The third-order valence-electron chi connectivity index (χ3n) is 4.75. The van der Waals surface area contributed by atoms with Gasteiger partial charge in [0.25, 0.3) is 0 Å². The number of carbonyl (C=O) groups is 2. The number of likely N-dealkylation sites (tertiary alicyclic amines) is 1. The smallest absolute Gasteiger partial charge is 0.246 e. The summed E-state index contributed by atoms with van der Waals surface area (Å²) in [5.74, 6) is 1.74. The standard InChI is InChI=1S/C20H20N2O5/c23-19(6-4-16-2-1-11-25-16)22-9-7-14(8-10-22)20(24)21-15-3-5-17-18(12-15)27-13-26-17/h1-6,11-12,14H,7-10,13H2,(H,21,24)/b6-4+. The van der Waals surface area contributed by atoms with Crippen LogP contribution in [-0.2, 0) is 9.59 Å². The molecule has 1 saturated heterocycles. The third-order valence-corrected chi connectivity index (χ3v) is 4.75. The Morgan fingerprint density at radius 3 is 2.70 bits per heavy atom. The lowest BCUT2D eigenvalue weighted by atomic mass is 9.95. The summed E-state index contributed by atoms with van der Waals surface area (Å²) in [7, 11) is 0. The van der Waals surface area contributed by atoms with Crippen molar-refractivity contribution in [3.05, 3.63) is 48.4 Å². The van der Waals surface area contributed by atoms with E-state index < -0.39 is 0 Å². The predicted octanol–water partition coefficient (Wildman–Crippen LogP) is 2.90. The Morgan fingerprint density at radius 1 is 1.11 bits per heavy atom. The zero-order valence-corrected chi connectivity index (χ0v) is 14.7. The van der Waals surface area contributed by atoms with Crippen LogP contribution in [0.25, 0.3) is 6.08 Å². The maximum absolute atomic E-state index is 12.5. The summed E-state index contributed by atoms with van der Waals surface area (Å²) in [5.41, 5.74) is 0.684. The Hall–Kier alpha value is -3.22. The van der Waals surface area contributed by atoms with E-state index in [1.54, 1.807) is 47.6 Å². The first-order valence-corrected chi connectivity index (χ1v) is 8.90. The highest BCUT2D eigenvalue weighted by Gasteiger charge is 2.27. The van der Waals surface area contributed by atoms with Crippen LogP contribution in [0.1, 0.15) is 18.6 Å². The predicted molar refractivity (Wildman–Crippen MR) is 98.2 cm³/mol. The highest BCUT2D eigenvalue weighted by atomic mass is 16.7. The summed E-state index contributed by atoms with van der Waals surface area (Å²) in [6, 6.07) is 8.90. The average Bonchev–Trinajstić information content (AvgIpc) is 3.37. The van der Waals surface area contributed by atoms with Crippen molar-refractivity contribution in [2.75, 3.05) is 25.2 Å². The van der Waals surface area contributed by atoms with Gasteiger partial charge in [0, 0.05) is 36.8 Å². The van der Waals surface area contributed by atoms with Gasteiger partial charge in [0.1, 0.15) is 5.76 Å². The Bertz CT molecular complexity index is 851. The second-order valence-electron chi connectivity index (χ2n) is 6.51. The van der Waals surface area contributed by atoms with Crippen LogP contribution in [-0.4, -0.2) is 36.6 Å². The summed E-state index contributed by atoms with van der Waals surface area (Å²) in [5, 5.41) is 2.92. The van der Waals surface area contributed by atoms with E-state index in [2.05, 4.69) is 5.32 Å². The van der Waals surface area contributed by atoms with E-state index in [-0.39, 0.29) is 24.5 Å². The minimum Gasteiger partial charge on any atom is -0.465 e. The molecule has 7 heteroatoms. The molecule has 0 bridgehead atoms. The number of hydrogen-bond acceptors (Lipinski definition) is 5. The Labute approximate surface area is 156 Å². The molecule has 1 aromatic heterocycles. The van der Waals surface area contributed by atoms with Gasteiger partial charge in [0.05, 0.1) is 6.26 Å². The molecule has 0 spiro atoms. The van der Waals surface area contributed by atoms with Gasteiger partial charge in [0.15, 0.2) is 11.5 Å². The fourth-order valence-corrected chi connectivity index (χ4v) is 3.23. The van der Waals surface area contributed by atoms with Crippen molar-refractivity contribution >= 4 is 23.6 Å². The van der Waals surface area contributed by atoms with E-state index in [9.17, 15) is 9.59 Å². The van der Waals surface area contributed by atoms with E-state index >= 15 is 0 Å². The maximum atomic E-state index is 12.5. The van der Waals surface area contributed by atoms with Gasteiger partial charge in [-0.2, -0.15) is 0 Å². The molecule has 27 heavy (non-hydrogen) atoms. The largest absolute Gasteiger partial charge is 0.465 e. The highest BCUT2D eigenvalue weighted by molar-refractivity contribution is 5.94. The second kappa shape index (κ2) is 7.57. The fraction of sp³-hybridized carbons (Fsp3) is 0.300. The minimum absolute atomic E-state index is 0.0351. The van der Waals surface area contributed by atoms with Gasteiger partial charge in [-0.05, 0) is 43.2 Å². The van der Waals surface area contributed by atoms with Crippen LogP contribution >= 0.6 is 0 Å². The maximum Gasteiger partial charge on any atom is 0.246 e. The van der Waals surface area contributed by atoms with Crippen LogP contribution in [0.3, 0.4) is 0 Å². The number of piperidine rings is 1. The number of nitrogens with zero attached hydrogens (tertiary/aromatic N) is 1. The van der Waals surface area contributed by atoms with Crippen molar-refractivity contribution in [2.24, 2.45) is 5.92 Å². The second-order valence-corrected chi connectivity index (χ2v) is 6.51. The number of benzene rings is 1. The van der Waals surface area contributed by atoms with Crippen LogP contribution < -0.4 is 14.8 Å². The molecule has 0 unspecified atom stereocenters.